The lowest BCUT2D eigenvalue weighted by molar-refractivity contribution is -0.138. The van der Waals surface area contributed by atoms with Gasteiger partial charge in [-0.1, -0.05) is 31.4 Å². The highest BCUT2D eigenvalue weighted by atomic mass is 19.4. The van der Waals surface area contributed by atoms with Crippen LogP contribution in [0.4, 0.5) is 13.2 Å². The summed E-state index contributed by atoms with van der Waals surface area (Å²) in [5.41, 5.74) is 4.27. The lowest BCUT2D eigenvalue weighted by atomic mass is 9.81. The molecule has 158 valence electrons. The summed E-state index contributed by atoms with van der Waals surface area (Å²) in [7, 11) is 0. The van der Waals surface area contributed by atoms with Crippen LogP contribution >= 0.6 is 0 Å². The smallest absolute Gasteiger partial charge is 0.416 e. The fraction of sp³-hybridized carbons (Fsp3) is 0.440. The third kappa shape index (κ3) is 3.70. The van der Waals surface area contributed by atoms with E-state index in [2.05, 4.69) is 4.98 Å². The molecule has 2 aliphatic carbocycles. The largest absolute Gasteiger partial charge is 0.489 e. The molecule has 1 saturated carbocycles. The van der Waals surface area contributed by atoms with Crippen LogP contribution in [0, 0.1) is 0 Å². The molecule has 5 heteroatoms. The van der Waals surface area contributed by atoms with E-state index in [4.69, 9.17) is 4.74 Å². The fourth-order valence-electron chi connectivity index (χ4n) is 5.19. The molecule has 1 aromatic heterocycles. The molecule has 1 fully saturated rings. The van der Waals surface area contributed by atoms with Gasteiger partial charge in [0.15, 0.2) is 0 Å². The SMILES string of the molecule is FC(F)(F)c1cc(COc2ccc3[nH]c4c(c3c2)CCC4)ccc1C1CCCCC1. The van der Waals surface area contributed by atoms with E-state index in [9.17, 15) is 13.2 Å². The van der Waals surface area contributed by atoms with Crippen LogP contribution in [0.2, 0.25) is 0 Å². The Hall–Kier alpha value is -2.43. The summed E-state index contributed by atoms with van der Waals surface area (Å²) in [4.78, 5) is 3.46. The molecule has 1 N–H and O–H groups in total. The van der Waals surface area contributed by atoms with Crippen molar-refractivity contribution in [2.75, 3.05) is 0 Å². The number of hydrogen-bond acceptors (Lipinski definition) is 1. The van der Waals surface area contributed by atoms with E-state index in [1.165, 1.54) is 22.7 Å². The van der Waals surface area contributed by atoms with Gasteiger partial charge in [0, 0.05) is 16.6 Å². The number of rotatable bonds is 4. The molecule has 3 aromatic rings. The summed E-state index contributed by atoms with van der Waals surface area (Å²) in [6.45, 7) is 0.131. The number of aromatic amines is 1. The molecule has 30 heavy (non-hydrogen) atoms. The van der Waals surface area contributed by atoms with E-state index in [0.717, 1.165) is 56.9 Å². The number of nitrogens with one attached hydrogen (secondary N) is 1. The number of H-pyrrole nitrogens is 1. The Bertz CT molecular complexity index is 1060. The number of fused-ring (bicyclic) bond motifs is 3. The van der Waals surface area contributed by atoms with Gasteiger partial charge in [0.2, 0.25) is 0 Å². The molecule has 2 nitrogen and oxygen atoms in total. The molecular formula is C25H26F3NO. The molecule has 0 atom stereocenters. The van der Waals surface area contributed by atoms with Gasteiger partial charge in [0.1, 0.15) is 12.4 Å². The van der Waals surface area contributed by atoms with Gasteiger partial charge >= 0.3 is 6.18 Å². The maximum absolute atomic E-state index is 13.8. The second-order valence-corrected chi connectivity index (χ2v) is 8.69. The third-order valence-electron chi connectivity index (χ3n) is 6.69. The van der Waals surface area contributed by atoms with E-state index < -0.39 is 11.7 Å². The number of aromatic nitrogens is 1. The van der Waals surface area contributed by atoms with Crippen LogP contribution in [-0.2, 0) is 25.6 Å². The monoisotopic (exact) mass is 413 g/mol. The highest BCUT2D eigenvalue weighted by molar-refractivity contribution is 5.86. The van der Waals surface area contributed by atoms with Crippen LogP contribution in [0.5, 0.6) is 5.75 Å². The number of alkyl halides is 3. The summed E-state index contributed by atoms with van der Waals surface area (Å²) in [5.74, 6) is 0.713. The highest BCUT2D eigenvalue weighted by Gasteiger charge is 2.35. The van der Waals surface area contributed by atoms with Gasteiger partial charge in [0.05, 0.1) is 5.56 Å². The topological polar surface area (TPSA) is 25.0 Å². The van der Waals surface area contributed by atoms with E-state index in [-0.39, 0.29) is 12.5 Å². The average molecular weight is 413 g/mol. The van der Waals surface area contributed by atoms with Gasteiger partial charge in [-0.3, -0.25) is 0 Å². The second kappa shape index (κ2) is 7.68. The van der Waals surface area contributed by atoms with Crippen molar-refractivity contribution in [2.24, 2.45) is 0 Å². The zero-order valence-electron chi connectivity index (χ0n) is 16.9. The summed E-state index contributed by atoms with van der Waals surface area (Å²) in [5, 5.41) is 1.17. The molecule has 0 saturated heterocycles. The average Bonchev–Trinajstić information content (AvgIpc) is 3.33. The van der Waals surface area contributed by atoms with Crippen LogP contribution in [0.25, 0.3) is 10.9 Å². The van der Waals surface area contributed by atoms with E-state index in [0.29, 0.717) is 16.9 Å². The number of hydrogen-bond donors (Lipinski definition) is 1. The first-order valence-electron chi connectivity index (χ1n) is 11.0. The van der Waals surface area contributed by atoms with Crippen molar-refractivity contribution in [3.8, 4) is 5.75 Å². The van der Waals surface area contributed by atoms with E-state index >= 15 is 0 Å². The minimum Gasteiger partial charge on any atom is -0.489 e. The van der Waals surface area contributed by atoms with Crippen molar-refractivity contribution >= 4 is 10.9 Å². The lowest BCUT2D eigenvalue weighted by Gasteiger charge is -2.25. The molecule has 2 aliphatic rings. The van der Waals surface area contributed by atoms with Crippen molar-refractivity contribution in [3.63, 3.8) is 0 Å². The predicted molar refractivity (Wildman–Crippen MR) is 112 cm³/mol. The zero-order chi connectivity index (χ0) is 20.7. The quantitative estimate of drug-likeness (QED) is 0.477. The molecule has 0 unspecified atom stereocenters. The van der Waals surface area contributed by atoms with Gasteiger partial charge in [-0.2, -0.15) is 13.2 Å². The van der Waals surface area contributed by atoms with Crippen LogP contribution in [-0.4, -0.2) is 4.98 Å². The first-order chi connectivity index (χ1) is 14.5. The normalized spacial score (nSPS) is 17.4. The van der Waals surface area contributed by atoms with Crippen molar-refractivity contribution in [1.29, 1.82) is 0 Å². The number of halogens is 3. The second-order valence-electron chi connectivity index (χ2n) is 8.69. The Balaban J connectivity index is 1.37. The van der Waals surface area contributed by atoms with Crippen LogP contribution in [0.1, 0.15) is 72.4 Å². The zero-order valence-corrected chi connectivity index (χ0v) is 16.9. The maximum atomic E-state index is 13.8. The minimum atomic E-state index is -4.34. The minimum absolute atomic E-state index is 0.0171. The van der Waals surface area contributed by atoms with Crippen molar-refractivity contribution in [3.05, 3.63) is 64.3 Å². The molecule has 2 aromatic carbocycles. The van der Waals surface area contributed by atoms with Gasteiger partial charge in [-0.15, -0.1) is 0 Å². The van der Waals surface area contributed by atoms with Crippen molar-refractivity contribution in [2.45, 2.75) is 70.1 Å². The molecule has 1 heterocycles. The van der Waals surface area contributed by atoms with Crippen molar-refractivity contribution < 1.29 is 17.9 Å². The lowest BCUT2D eigenvalue weighted by Crippen LogP contribution is -2.15. The first-order valence-corrected chi connectivity index (χ1v) is 11.0. The molecule has 5 rings (SSSR count). The van der Waals surface area contributed by atoms with Crippen LogP contribution in [0.3, 0.4) is 0 Å². The molecular weight excluding hydrogens is 387 g/mol. The highest BCUT2D eigenvalue weighted by Crippen LogP contribution is 2.41. The number of aryl methyl sites for hydroxylation is 2. The molecule has 0 aliphatic heterocycles. The Labute approximate surface area is 174 Å². The molecule has 0 spiro atoms. The molecule has 0 radical (unpaired) electrons. The van der Waals surface area contributed by atoms with Gasteiger partial charge < -0.3 is 9.72 Å². The molecule has 0 bridgehead atoms. The summed E-state index contributed by atoms with van der Waals surface area (Å²) in [6, 6.07) is 10.7. The number of ether oxygens (including phenoxy) is 1. The summed E-state index contributed by atoms with van der Waals surface area (Å²) >= 11 is 0. The Morgan fingerprint density at radius 1 is 0.933 bits per heavy atom. The van der Waals surface area contributed by atoms with Gasteiger partial charge in [-0.25, -0.2) is 0 Å². The summed E-state index contributed by atoms with van der Waals surface area (Å²) in [6.07, 6.45) is 3.81. The summed E-state index contributed by atoms with van der Waals surface area (Å²) < 4.78 is 47.2. The number of benzene rings is 2. The predicted octanol–water partition coefficient (Wildman–Crippen LogP) is 7.30. The Kier molecular flexibility index (Phi) is 5.00. The Morgan fingerprint density at radius 2 is 1.77 bits per heavy atom. The van der Waals surface area contributed by atoms with Crippen LogP contribution < -0.4 is 4.74 Å². The maximum Gasteiger partial charge on any atom is 0.416 e. The Morgan fingerprint density at radius 3 is 2.57 bits per heavy atom. The molecule has 0 amide bonds. The van der Waals surface area contributed by atoms with Gasteiger partial charge in [-0.05, 0) is 79.0 Å². The third-order valence-corrected chi connectivity index (χ3v) is 6.69. The van der Waals surface area contributed by atoms with Crippen LogP contribution in [0.15, 0.2) is 36.4 Å². The van der Waals surface area contributed by atoms with E-state index in [1.807, 2.05) is 18.2 Å². The fourth-order valence-corrected chi connectivity index (χ4v) is 5.19. The first kappa shape index (κ1) is 19.5. The van der Waals surface area contributed by atoms with Gasteiger partial charge in [0.25, 0.3) is 0 Å². The van der Waals surface area contributed by atoms with Crippen molar-refractivity contribution in [1.82, 2.24) is 4.98 Å². The van der Waals surface area contributed by atoms with E-state index in [1.54, 1.807) is 12.1 Å². The standard InChI is InChI=1S/C25H26F3NO/c26-25(27,28)22-13-16(9-11-19(22)17-5-2-1-3-6-17)15-30-18-10-12-24-21(14-18)20-7-4-8-23(20)29-24/h9-14,17,29H,1-8,15H2.